The van der Waals surface area contributed by atoms with E-state index in [1.54, 1.807) is 11.1 Å². The highest BCUT2D eigenvalue weighted by atomic mass is 127. The maximum Gasteiger partial charge on any atom is 0.410 e. The smallest absolute Gasteiger partial charge is 0.410 e. The lowest BCUT2D eigenvalue weighted by molar-refractivity contribution is 0.0138. The third kappa shape index (κ3) is 4.76. The second-order valence-electron chi connectivity index (χ2n) is 8.89. The van der Waals surface area contributed by atoms with Gasteiger partial charge in [-0.2, -0.15) is 5.10 Å². The highest BCUT2D eigenvalue weighted by Gasteiger charge is 2.40. The Hall–Kier alpha value is -2.42. The first kappa shape index (κ1) is 21.8. The van der Waals surface area contributed by atoms with Crippen molar-refractivity contribution < 1.29 is 9.53 Å². The van der Waals surface area contributed by atoms with E-state index in [2.05, 4.69) is 58.0 Å². The van der Waals surface area contributed by atoms with Crippen molar-refractivity contribution in [2.75, 3.05) is 13.1 Å². The summed E-state index contributed by atoms with van der Waals surface area (Å²) >= 11 is 2.32. The Morgan fingerprint density at radius 2 is 1.90 bits per heavy atom. The van der Waals surface area contributed by atoms with Gasteiger partial charge in [0.1, 0.15) is 5.60 Å². The van der Waals surface area contributed by atoms with Crippen LogP contribution in [0.2, 0.25) is 0 Å². The molecule has 7 heteroatoms. The van der Waals surface area contributed by atoms with Gasteiger partial charge in [-0.05, 0) is 86.0 Å². The fourth-order valence-electron chi connectivity index (χ4n) is 4.05. The molecule has 2 aromatic heterocycles. The van der Waals surface area contributed by atoms with Crippen molar-refractivity contribution >= 4 is 28.7 Å². The number of carbonyl (C=O) groups excluding carboxylic acids is 1. The van der Waals surface area contributed by atoms with Crippen molar-refractivity contribution in [1.29, 1.82) is 0 Å². The molecule has 0 radical (unpaired) electrons. The predicted octanol–water partition coefficient (Wildman–Crippen LogP) is 5.32. The third-order valence-corrected chi connectivity index (χ3v) is 6.28. The number of pyridine rings is 1. The molecule has 3 heterocycles. The van der Waals surface area contributed by atoms with E-state index in [-0.39, 0.29) is 11.6 Å². The summed E-state index contributed by atoms with van der Waals surface area (Å²) in [6.45, 7) is 6.89. The van der Waals surface area contributed by atoms with E-state index in [0.29, 0.717) is 13.1 Å². The molecule has 0 unspecified atom stereocenters. The fraction of sp³-hybridized carbons (Fsp3) is 0.375. The average molecular weight is 530 g/mol. The zero-order valence-electron chi connectivity index (χ0n) is 18.1. The summed E-state index contributed by atoms with van der Waals surface area (Å²) in [7, 11) is 0. The van der Waals surface area contributed by atoms with Crippen molar-refractivity contribution in [2.24, 2.45) is 0 Å². The highest BCUT2D eigenvalue weighted by molar-refractivity contribution is 14.1. The number of carbonyl (C=O) groups is 1. The Labute approximate surface area is 196 Å². The molecule has 1 fully saturated rings. The van der Waals surface area contributed by atoms with Crippen molar-refractivity contribution in [3.63, 3.8) is 0 Å². The number of ether oxygens (including phenoxy) is 1. The Morgan fingerprint density at radius 1 is 1.13 bits per heavy atom. The first-order valence-electron chi connectivity index (χ1n) is 10.5. The molecule has 1 amide bonds. The van der Waals surface area contributed by atoms with Crippen LogP contribution in [0.3, 0.4) is 0 Å². The SMILES string of the molecule is CC(C)(C)OC(=O)N1CCC(c2ccc(-c3cccc(I)c3)nc2)(n2cccn2)CC1. The zero-order valence-corrected chi connectivity index (χ0v) is 20.2. The lowest BCUT2D eigenvalue weighted by atomic mass is 9.81. The van der Waals surface area contributed by atoms with Crippen LogP contribution in [0.25, 0.3) is 11.3 Å². The van der Waals surface area contributed by atoms with E-state index in [9.17, 15) is 4.79 Å². The summed E-state index contributed by atoms with van der Waals surface area (Å²) < 4.78 is 8.77. The van der Waals surface area contributed by atoms with Crippen LogP contribution in [0.4, 0.5) is 4.79 Å². The largest absolute Gasteiger partial charge is 0.444 e. The summed E-state index contributed by atoms with van der Waals surface area (Å²) in [6.07, 6.45) is 7.00. The topological polar surface area (TPSA) is 60.2 Å². The minimum absolute atomic E-state index is 0.256. The van der Waals surface area contributed by atoms with E-state index in [1.165, 1.54) is 3.57 Å². The number of halogens is 1. The van der Waals surface area contributed by atoms with Crippen LogP contribution in [0.15, 0.2) is 61.1 Å². The van der Waals surface area contributed by atoms with Crippen LogP contribution in [0.1, 0.15) is 39.2 Å². The minimum Gasteiger partial charge on any atom is -0.444 e. The maximum atomic E-state index is 12.5. The molecular weight excluding hydrogens is 503 g/mol. The molecule has 0 saturated carbocycles. The molecule has 0 N–H and O–H groups in total. The van der Waals surface area contributed by atoms with Gasteiger partial charge in [0.2, 0.25) is 0 Å². The molecule has 1 aliphatic rings. The molecular formula is C24H27IN4O2. The second kappa shape index (κ2) is 8.61. The Morgan fingerprint density at radius 3 is 2.48 bits per heavy atom. The number of nitrogens with zero attached hydrogens (tertiary/aromatic N) is 4. The van der Waals surface area contributed by atoms with Crippen LogP contribution in [0.5, 0.6) is 0 Å². The molecule has 0 atom stereocenters. The van der Waals surface area contributed by atoms with Crippen LogP contribution < -0.4 is 0 Å². The van der Waals surface area contributed by atoms with Gasteiger partial charge >= 0.3 is 6.09 Å². The molecule has 0 aliphatic carbocycles. The zero-order chi connectivity index (χ0) is 22.1. The molecule has 1 aromatic carbocycles. The monoisotopic (exact) mass is 530 g/mol. The molecule has 0 spiro atoms. The molecule has 0 bridgehead atoms. The van der Waals surface area contributed by atoms with Crippen LogP contribution in [0, 0.1) is 3.57 Å². The number of amides is 1. The second-order valence-corrected chi connectivity index (χ2v) is 10.1. The number of piperidine rings is 1. The lowest BCUT2D eigenvalue weighted by Gasteiger charge is -2.42. The molecule has 3 aromatic rings. The maximum absolute atomic E-state index is 12.5. The summed E-state index contributed by atoms with van der Waals surface area (Å²) in [5.41, 5.74) is 2.33. The number of hydrogen-bond donors (Lipinski definition) is 0. The Kier molecular flexibility index (Phi) is 6.05. The van der Waals surface area contributed by atoms with Crippen LogP contribution in [-0.2, 0) is 10.3 Å². The van der Waals surface area contributed by atoms with Gasteiger partial charge in [-0.25, -0.2) is 4.79 Å². The van der Waals surface area contributed by atoms with E-state index < -0.39 is 5.60 Å². The predicted molar refractivity (Wildman–Crippen MR) is 129 cm³/mol. The van der Waals surface area contributed by atoms with E-state index in [1.807, 2.05) is 50.0 Å². The molecule has 1 aliphatic heterocycles. The Bertz CT molecular complexity index is 1030. The summed E-state index contributed by atoms with van der Waals surface area (Å²) in [5, 5.41) is 4.56. The van der Waals surface area contributed by atoms with Crippen LogP contribution >= 0.6 is 22.6 Å². The molecule has 162 valence electrons. The van der Waals surface area contributed by atoms with Gasteiger partial charge in [0.15, 0.2) is 0 Å². The van der Waals surface area contributed by atoms with E-state index in [4.69, 9.17) is 9.72 Å². The van der Waals surface area contributed by atoms with Crippen molar-refractivity contribution in [1.82, 2.24) is 19.7 Å². The number of rotatable bonds is 3. The number of benzene rings is 1. The highest BCUT2D eigenvalue weighted by Crippen LogP contribution is 2.37. The van der Waals surface area contributed by atoms with Gasteiger partial charge in [0.25, 0.3) is 0 Å². The normalized spacial score (nSPS) is 16.2. The van der Waals surface area contributed by atoms with Gasteiger partial charge < -0.3 is 9.64 Å². The van der Waals surface area contributed by atoms with Crippen molar-refractivity contribution in [3.05, 3.63) is 70.2 Å². The van der Waals surface area contributed by atoms with E-state index >= 15 is 0 Å². The summed E-state index contributed by atoms with van der Waals surface area (Å²) in [5.74, 6) is 0. The standard InChI is InChI=1S/C24H27IN4O2/c1-23(2,3)31-22(30)28-14-10-24(11-15-28,29-13-5-12-27-29)19-8-9-21(26-17-19)18-6-4-7-20(25)16-18/h4-9,12-13,16-17H,10-11,14-15H2,1-3H3. The van der Waals surface area contributed by atoms with Gasteiger partial charge in [-0.1, -0.05) is 18.2 Å². The first-order valence-corrected chi connectivity index (χ1v) is 11.6. The van der Waals surface area contributed by atoms with Gasteiger partial charge in [-0.15, -0.1) is 0 Å². The summed E-state index contributed by atoms with van der Waals surface area (Å²) in [6, 6.07) is 14.5. The van der Waals surface area contributed by atoms with Gasteiger partial charge in [0, 0.05) is 40.8 Å². The first-order chi connectivity index (χ1) is 14.8. The molecule has 4 rings (SSSR count). The number of likely N-dealkylation sites (tertiary alicyclic amines) is 1. The Balaban J connectivity index is 1.59. The van der Waals surface area contributed by atoms with Crippen LogP contribution in [-0.4, -0.2) is 44.4 Å². The van der Waals surface area contributed by atoms with Gasteiger partial charge in [0.05, 0.1) is 11.2 Å². The molecule has 6 nitrogen and oxygen atoms in total. The average Bonchev–Trinajstić information content (AvgIpc) is 3.28. The third-order valence-electron chi connectivity index (χ3n) is 5.61. The number of hydrogen-bond acceptors (Lipinski definition) is 4. The molecule has 1 saturated heterocycles. The summed E-state index contributed by atoms with van der Waals surface area (Å²) in [4.78, 5) is 19.1. The van der Waals surface area contributed by atoms with Crippen molar-refractivity contribution in [3.8, 4) is 11.3 Å². The lowest BCUT2D eigenvalue weighted by Crippen LogP contribution is -2.50. The minimum atomic E-state index is -0.497. The fourth-order valence-corrected chi connectivity index (χ4v) is 4.59. The number of aromatic nitrogens is 3. The van der Waals surface area contributed by atoms with E-state index in [0.717, 1.165) is 29.7 Å². The van der Waals surface area contributed by atoms with Gasteiger partial charge in [-0.3, -0.25) is 9.67 Å². The quantitative estimate of drug-likeness (QED) is 0.430. The molecule has 31 heavy (non-hydrogen) atoms. The van der Waals surface area contributed by atoms with Crippen molar-refractivity contribution in [2.45, 2.75) is 44.8 Å².